The van der Waals surface area contributed by atoms with Crippen LogP contribution in [0.4, 0.5) is 0 Å². The van der Waals surface area contributed by atoms with Gasteiger partial charge in [0.1, 0.15) is 0 Å². The molecule has 1 unspecified atom stereocenters. The van der Waals surface area contributed by atoms with E-state index >= 15 is 0 Å². The van der Waals surface area contributed by atoms with Gasteiger partial charge < -0.3 is 9.84 Å². The minimum Gasteiger partial charge on any atom is -0.349 e. The number of likely N-dealkylation sites (tertiary alicyclic amines) is 1. The first-order valence-electron chi connectivity index (χ1n) is 11.7. The number of rotatable bonds is 7. The van der Waals surface area contributed by atoms with Crippen molar-refractivity contribution in [3.8, 4) is 11.4 Å². The minimum absolute atomic E-state index is 0.0159. The van der Waals surface area contributed by atoms with Gasteiger partial charge in [0.2, 0.25) is 17.6 Å². The van der Waals surface area contributed by atoms with Gasteiger partial charge in [0.25, 0.3) is 0 Å². The zero-order valence-electron chi connectivity index (χ0n) is 19.8. The molecule has 1 amide bonds. The molecular weight excluding hydrogens is 471 g/mol. The highest BCUT2D eigenvalue weighted by Gasteiger charge is 2.28. The first kappa shape index (κ1) is 24.7. The predicted octanol–water partition coefficient (Wildman–Crippen LogP) is 6.14. The Bertz CT molecular complexity index is 1160. The Morgan fingerprint density at radius 1 is 1.18 bits per heavy atom. The minimum atomic E-state index is 0.0159. The second-order valence-electron chi connectivity index (χ2n) is 9.02. The van der Waals surface area contributed by atoms with Crippen LogP contribution < -0.4 is 5.32 Å². The average molecular weight is 501 g/mol. The molecule has 6 nitrogen and oxygen atoms in total. The highest BCUT2D eigenvalue weighted by Crippen LogP contribution is 2.29. The second kappa shape index (κ2) is 10.9. The van der Waals surface area contributed by atoms with Gasteiger partial charge >= 0.3 is 0 Å². The maximum absolute atomic E-state index is 13.0. The summed E-state index contributed by atoms with van der Waals surface area (Å²) < 4.78 is 5.44. The van der Waals surface area contributed by atoms with Crippen molar-refractivity contribution in [3.63, 3.8) is 0 Å². The van der Waals surface area contributed by atoms with Crippen molar-refractivity contribution in [2.24, 2.45) is 5.92 Å². The van der Waals surface area contributed by atoms with Crippen molar-refractivity contribution in [3.05, 3.63) is 69.0 Å². The smallest absolute Gasteiger partial charge is 0.241 e. The number of benzene rings is 2. The number of hydrogen-bond acceptors (Lipinski definition) is 5. The largest absolute Gasteiger partial charge is 0.349 e. The number of carbonyl (C=O) groups is 1. The third kappa shape index (κ3) is 5.80. The van der Waals surface area contributed by atoms with Crippen LogP contribution in [0.1, 0.15) is 54.8 Å². The van der Waals surface area contributed by atoms with Crippen LogP contribution in [-0.4, -0.2) is 34.0 Å². The quantitative estimate of drug-likeness (QED) is 0.421. The molecule has 3 aromatic rings. The van der Waals surface area contributed by atoms with E-state index in [9.17, 15) is 4.79 Å². The SMILES string of the molecule is CCC(NC(=O)C1CCN(Cc2nc(-c3ccc(Cl)cc3Cl)no2)CC1)c1ccc(C)cc1C. The molecule has 1 aliphatic heterocycles. The van der Waals surface area contributed by atoms with E-state index < -0.39 is 0 Å². The molecular formula is C26H30Cl2N4O2. The molecule has 4 rings (SSSR count). The molecule has 1 fully saturated rings. The van der Waals surface area contributed by atoms with Crippen molar-refractivity contribution >= 4 is 29.1 Å². The number of aromatic nitrogens is 2. The van der Waals surface area contributed by atoms with Crippen molar-refractivity contribution in [2.75, 3.05) is 13.1 Å². The molecule has 2 aromatic carbocycles. The summed E-state index contributed by atoms with van der Waals surface area (Å²) >= 11 is 12.2. The van der Waals surface area contributed by atoms with Gasteiger partial charge in [-0.2, -0.15) is 4.98 Å². The molecule has 2 heterocycles. The summed E-state index contributed by atoms with van der Waals surface area (Å²) in [4.78, 5) is 19.7. The van der Waals surface area contributed by atoms with E-state index in [1.807, 2.05) is 0 Å². The highest BCUT2D eigenvalue weighted by molar-refractivity contribution is 6.36. The van der Waals surface area contributed by atoms with Crippen LogP contribution in [-0.2, 0) is 11.3 Å². The highest BCUT2D eigenvalue weighted by atomic mass is 35.5. The summed E-state index contributed by atoms with van der Waals surface area (Å²) in [5, 5.41) is 8.40. The maximum atomic E-state index is 13.0. The van der Waals surface area contributed by atoms with E-state index in [2.05, 4.69) is 59.3 Å². The van der Waals surface area contributed by atoms with E-state index in [4.69, 9.17) is 27.7 Å². The third-order valence-corrected chi connectivity index (χ3v) is 7.03. The number of hydrogen-bond donors (Lipinski definition) is 1. The summed E-state index contributed by atoms with van der Waals surface area (Å²) in [6, 6.07) is 11.7. The summed E-state index contributed by atoms with van der Waals surface area (Å²) in [6.45, 7) is 8.47. The van der Waals surface area contributed by atoms with Gasteiger partial charge in [-0.3, -0.25) is 9.69 Å². The van der Waals surface area contributed by atoms with E-state index in [-0.39, 0.29) is 17.9 Å². The molecule has 1 atom stereocenters. The summed E-state index contributed by atoms with van der Waals surface area (Å²) in [5.74, 6) is 1.14. The molecule has 1 N–H and O–H groups in total. The van der Waals surface area contributed by atoms with Crippen LogP contribution in [0.3, 0.4) is 0 Å². The Kier molecular flexibility index (Phi) is 7.91. The topological polar surface area (TPSA) is 71.3 Å². The second-order valence-corrected chi connectivity index (χ2v) is 9.86. The Labute approximate surface area is 210 Å². The Hall–Kier alpha value is -2.41. The lowest BCUT2D eigenvalue weighted by atomic mass is 9.93. The fourth-order valence-electron chi connectivity index (χ4n) is 4.55. The molecule has 0 bridgehead atoms. The van der Waals surface area contributed by atoms with E-state index in [1.165, 1.54) is 16.7 Å². The number of piperidine rings is 1. The first-order valence-corrected chi connectivity index (χ1v) is 12.5. The molecule has 0 aliphatic carbocycles. The number of nitrogens with one attached hydrogen (secondary N) is 1. The van der Waals surface area contributed by atoms with Crippen molar-refractivity contribution < 1.29 is 9.32 Å². The van der Waals surface area contributed by atoms with Gasteiger partial charge in [0, 0.05) is 16.5 Å². The van der Waals surface area contributed by atoms with Gasteiger partial charge in [-0.05, 0) is 75.5 Å². The number of carbonyl (C=O) groups excluding carboxylic acids is 1. The fraction of sp³-hybridized carbons (Fsp3) is 0.423. The number of amides is 1. The Morgan fingerprint density at radius 2 is 1.94 bits per heavy atom. The van der Waals surface area contributed by atoms with Crippen molar-refractivity contribution in [1.82, 2.24) is 20.4 Å². The van der Waals surface area contributed by atoms with E-state index in [0.29, 0.717) is 33.9 Å². The molecule has 1 saturated heterocycles. The lowest BCUT2D eigenvalue weighted by molar-refractivity contribution is -0.127. The van der Waals surface area contributed by atoms with Crippen LogP contribution >= 0.6 is 23.2 Å². The van der Waals surface area contributed by atoms with Crippen LogP contribution in [0, 0.1) is 19.8 Å². The number of halogens is 2. The molecule has 180 valence electrons. The molecule has 1 aliphatic rings. The van der Waals surface area contributed by atoms with Crippen molar-refractivity contribution in [1.29, 1.82) is 0 Å². The van der Waals surface area contributed by atoms with Gasteiger partial charge in [0.15, 0.2) is 0 Å². The number of aryl methyl sites for hydroxylation is 2. The predicted molar refractivity (Wildman–Crippen MR) is 135 cm³/mol. The van der Waals surface area contributed by atoms with Crippen LogP contribution in [0.5, 0.6) is 0 Å². The average Bonchev–Trinajstić information content (AvgIpc) is 3.26. The van der Waals surface area contributed by atoms with E-state index in [0.717, 1.165) is 32.4 Å². The van der Waals surface area contributed by atoms with Gasteiger partial charge in [-0.1, -0.05) is 59.0 Å². The fourth-order valence-corrected chi connectivity index (χ4v) is 5.04. The zero-order chi connectivity index (χ0) is 24.2. The first-order chi connectivity index (χ1) is 16.3. The van der Waals surface area contributed by atoms with Gasteiger partial charge in [-0.25, -0.2) is 0 Å². The third-order valence-electron chi connectivity index (χ3n) is 6.48. The normalized spacial score (nSPS) is 15.9. The zero-order valence-corrected chi connectivity index (χ0v) is 21.3. The van der Waals surface area contributed by atoms with Crippen LogP contribution in [0.15, 0.2) is 40.9 Å². The molecule has 0 saturated carbocycles. The molecule has 0 radical (unpaired) electrons. The Balaban J connectivity index is 1.31. The molecule has 0 spiro atoms. The van der Waals surface area contributed by atoms with E-state index in [1.54, 1.807) is 18.2 Å². The summed E-state index contributed by atoms with van der Waals surface area (Å²) in [7, 11) is 0. The van der Waals surface area contributed by atoms with Gasteiger partial charge in [0.05, 0.1) is 17.6 Å². The number of nitrogens with zero attached hydrogens (tertiary/aromatic N) is 3. The Morgan fingerprint density at radius 3 is 2.62 bits per heavy atom. The lowest BCUT2D eigenvalue weighted by Gasteiger charge is -2.31. The lowest BCUT2D eigenvalue weighted by Crippen LogP contribution is -2.41. The molecule has 1 aromatic heterocycles. The maximum Gasteiger partial charge on any atom is 0.241 e. The van der Waals surface area contributed by atoms with Crippen LogP contribution in [0.25, 0.3) is 11.4 Å². The van der Waals surface area contributed by atoms with Crippen molar-refractivity contribution in [2.45, 2.75) is 52.6 Å². The monoisotopic (exact) mass is 500 g/mol. The molecule has 34 heavy (non-hydrogen) atoms. The van der Waals surface area contributed by atoms with Crippen LogP contribution in [0.2, 0.25) is 10.0 Å². The summed E-state index contributed by atoms with van der Waals surface area (Å²) in [5.41, 5.74) is 4.35. The van der Waals surface area contributed by atoms with Gasteiger partial charge in [-0.15, -0.1) is 0 Å². The molecule has 8 heteroatoms. The standard InChI is InChI=1S/C26H30Cl2N4O2/c1-4-23(20-7-5-16(2)13-17(20)3)29-26(33)18-9-11-32(12-10-18)15-24-30-25(31-34-24)21-8-6-19(27)14-22(21)28/h5-8,13-14,18,23H,4,9-12,15H2,1-3H3,(H,29,33). The summed E-state index contributed by atoms with van der Waals surface area (Å²) in [6.07, 6.45) is 2.48.